The standard InChI is InChI=1S/C10H10BrNO/c1-2-3-10(12-13)8-4-6-9(11)7-5-8/h2,4-7,13H,1,3H2. The fraction of sp³-hybridized carbons (Fsp3) is 0.100. The van der Waals surface area contributed by atoms with Crippen LogP contribution in [0.15, 0.2) is 46.5 Å². The SMILES string of the molecule is C=CCC(=NO)c1ccc(Br)cc1. The fourth-order valence-electron chi connectivity index (χ4n) is 0.995. The molecule has 0 fully saturated rings. The van der Waals surface area contributed by atoms with Crippen molar-refractivity contribution in [2.24, 2.45) is 5.16 Å². The molecule has 0 atom stereocenters. The predicted molar refractivity (Wildman–Crippen MR) is 57.3 cm³/mol. The number of nitrogens with zero attached hydrogens (tertiary/aromatic N) is 1. The third-order valence-corrected chi connectivity index (χ3v) is 2.16. The highest BCUT2D eigenvalue weighted by atomic mass is 79.9. The number of benzene rings is 1. The Balaban J connectivity index is 2.92. The molecule has 0 aliphatic heterocycles. The van der Waals surface area contributed by atoms with Crippen molar-refractivity contribution in [3.8, 4) is 0 Å². The van der Waals surface area contributed by atoms with Crippen molar-refractivity contribution in [1.29, 1.82) is 0 Å². The molecular formula is C10H10BrNO. The van der Waals surface area contributed by atoms with Gasteiger partial charge in [0.15, 0.2) is 0 Å². The molecule has 0 unspecified atom stereocenters. The molecule has 0 saturated heterocycles. The van der Waals surface area contributed by atoms with Crippen molar-refractivity contribution >= 4 is 21.6 Å². The van der Waals surface area contributed by atoms with Gasteiger partial charge in [0.1, 0.15) is 0 Å². The van der Waals surface area contributed by atoms with Gasteiger partial charge in [-0.25, -0.2) is 0 Å². The lowest BCUT2D eigenvalue weighted by Crippen LogP contribution is -1.98. The molecule has 0 aliphatic carbocycles. The van der Waals surface area contributed by atoms with Crippen molar-refractivity contribution in [3.63, 3.8) is 0 Å². The summed E-state index contributed by atoms with van der Waals surface area (Å²) in [5, 5.41) is 11.9. The maximum atomic E-state index is 8.71. The Bertz CT molecular complexity index is 316. The van der Waals surface area contributed by atoms with E-state index < -0.39 is 0 Å². The van der Waals surface area contributed by atoms with Crippen LogP contribution in [0.2, 0.25) is 0 Å². The van der Waals surface area contributed by atoms with Gasteiger partial charge >= 0.3 is 0 Å². The van der Waals surface area contributed by atoms with Crippen LogP contribution in [0, 0.1) is 0 Å². The molecule has 0 heterocycles. The van der Waals surface area contributed by atoms with Gasteiger partial charge < -0.3 is 5.21 Å². The molecule has 0 bridgehead atoms. The molecule has 0 radical (unpaired) electrons. The second-order valence-electron chi connectivity index (χ2n) is 2.55. The lowest BCUT2D eigenvalue weighted by atomic mass is 10.1. The molecule has 13 heavy (non-hydrogen) atoms. The minimum absolute atomic E-state index is 0.568. The van der Waals surface area contributed by atoms with Gasteiger partial charge in [-0.15, -0.1) is 6.58 Å². The lowest BCUT2D eigenvalue weighted by molar-refractivity contribution is 0.318. The number of halogens is 1. The number of oxime groups is 1. The van der Waals surface area contributed by atoms with Gasteiger partial charge in [0.2, 0.25) is 0 Å². The molecule has 3 heteroatoms. The molecule has 0 saturated carbocycles. The third kappa shape index (κ3) is 2.70. The first-order valence-corrected chi connectivity index (χ1v) is 4.65. The van der Waals surface area contributed by atoms with Gasteiger partial charge in [0, 0.05) is 10.9 Å². The average molecular weight is 240 g/mol. The van der Waals surface area contributed by atoms with Crippen LogP contribution in [0.25, 0.3) is 0 Å². The number of hydrogen-bond donors (Lipinski definition) is 1. The largest absolute Gasteiger partial charge is 0.411 e. The summed E-state index contributed by atoms with van der Waals surface area (Å²) in [5.41, 5.74) is 1.54. The van der Waals surface area contributed by atoms with Crippen molar-refractivity contribution < 1.29 is 5.21 Å². The Morgan fingerprint density at radius 3 is 2.54 bits per heavy atom. The second-order valence-corrected chi connectivity index (χ2v) is 3.46. The molecule has 1 rings (SSSR count). The van der Waals surface area contributed by atoms with Gasteiger partial charge in [0.25, 0.3) is 0 Å². The molecule has 2 nitrogen and oxygen atoms in total. The number of hydrogen-bond acceptors (Lipinski definition) is 2. The van der Waals surface area contributed by atoms with E-state index in [4.69, 9.17) is 5.21 Å². The normalized spacial score (nSPS) is 11.3. The van der Waals surface area contributed by atoms with Gasteiger partial charge in [-0.2, -0.15) is 0 Å². The van der Waals surface area contributed by atoms with E-state index in [-0.39, 0.29) is 0 Å². The Morgan fingerprint density at radius 2 is 2.08 bits per heavy atom. The van der Waals surface area contributed by atoms with E-state index in [0.717, 1.165) is 10.0 Å². The molecule has 68 valence electrons. The first kappa shape index (κ1) is 9.99. The fourth-order valence-corrected chi connectivity index (χ4v) is 1.26. The highest BCUT2D eigenvalue weighted by molar-refractivity contribution is 9.10. The Labute approximate surface area is 85.7 Å². The van der Waals surface area contributed by atoms with Crippen LogP contribution in [-0.4, -0.2) is 10.9 Å². The zero-order valence-corrected chi connectivity index (χ0v) is 8.66. The van der Waals surface area contributed by atoms with Gasteiger partial charge in [-0.05, 0) is 17.7 Å². The van der Waals surface area contributed by atoms with Crippen LogP contribution >= 0.6 is 15.9 Å². The monoisotopic (exact) mass is 239 g/mol. The van der Waals surface area contributed by atoms with E-state index in [1.54, 1.807) is 6.08 Å². The van der Waals surface area contributed by atoms with Crippen molar-refractivity contribution in [2.75, 3.05) is 0 Å². The summed E-state index contributed by atoms with van der Waals surface area (Å²) in [6.07, 6.45) is 2.27. The quantitative estimate of drug-likeness (QED) is 0.374. The zero-order chi connectivity index (χ0) is 9.68. The van der Waals surface area contributed by atoms with Crippen LogP contribution < -0.4 is 0 Å². The van der Waals surface area contributed by atoms with E-state index in [2.05, 4.69) is 27.7 Å². The Morgan fingerprint density at radius 1 is 1.46 bits per heavy atom. The molecule has 1 aromatic rings. The predicted octanol–water partition coefficient (Wildman–Crippen LogP) is 3.20. The van der Waals surface area contributed by atoms with E-state index >= 15 is 0 Å². The summed E-state index contributed by atoms with van der Waals surface area (Å²) >= 11 is 3.33. The van der Waals surface area contributed by atoms with Gasteiger partial charge in [-0.3, -0.25) is 0 Å². The molecule has 0 aliphatic rings. The van der Waals surface area contributed by atoms with E-state index in [0.29, 0.717) is 12.1 Å². The zero-order valence-electron chi connectivity index (χ0n) is 7.07. The summed E-state index contributed by atoms with van der Waals surface area (Å²) in [7, 11) is 0. The topological polar surface area (TPSA) is 32.6 Å². The lowest BCUT2D eigenvalue weighted by Gasteiger charge is -2.00. The molecular weight excluding hydrogens is 230 g/mol. The summed E-state index contributed by atoms with van der Waals surface area (Å²) in [4.78, 5) is 0. The minimum atomic E-state index is 0.568. The number of rotatable bonds is 3. The smallest absolute Gasteiger partial charge is 0.0905 e. The second kappa shape index (κ2) is 4.82. The maximum absolute atomic E-state index is 8.71. The molecule has 0 amide bonds. The van der Waals surface area contributed by atoms with E-state index in [9.17, 15) is 0 Å². The summed E-state index contributed by atoms with van der Waals surface area (Å²) in [5.74, 6) is 0. The van der Waals surface area contributed by atoms with Crippen molar-refractivity contribution in [3.05, 3.63) is 47.0 Å². The minimum Gasteiger partial charge on any atom is -0.411 e. The van der Waals surface area contributed by atoms with Gasteiger partial charge in [-0.1, -0.05) is 39.3 Å². The van der Waals surface area contributed by atoms with Crippen molar-refractivity contribution in [2.45, 2.75) is 6.42 Å². The third-order valence-electron chi connectivity index (χ3n) is 1.64. The van der Waals surface area contributed by atoms with Crippen LogP contribution in [-0.2, 0) is 0 Å². The molecule has 1 aromatic carbocycles. The van der Waals surface area contributed by atoms with Crippen LogP contribution in [0.3, 0.4) is 0 Å². The Hall–Kier alpha value is -1.09. The van der Waals surface area contributed by atoms with Crippen LogP contribution in [0.1, 0.15) is 12.0 Å². The van der Waals surface area contributed by atoms with Crippen LogP contribution in [0.4, 0.5) is 0 Å². The van der Waals surface area contributed by atoms with E-state index in [1.165, 1.54) is 0 Å². The maximum Gasteiger partial charge on any atom is 0.0905 e. The van der Waals surface area contributed by atoms with Gasteiger partial charge in [0.05, 0.1) is 5.71 Å². The average Bonchev–Trinajstić information content (AvgIpc) is 2.16. The highest BCUT2D eigenvalue weighted by Crippen LogP contribution is 2.12. The first-order chi connectivity index (χ1) is 6.27. The first-order valence-electron chi connectivity index (χ1n) is 3.85. The number of allylic oxidation sites excluding steroid dienone is 1. The molecule has 0 aromatic heterocycles. The summed E-state index contributed by atoms with van der Waals surface area (Å²) in [6, 6.07) is 7.60. The van der Waals surface area contributed by atoms with E-state index in [1.807, 2.05) is 24.3 Å². The summed E-state index contributed by atoms with van der Waals surface area (Å²) in [6.45, 7) is 3.59. The highest BCUT2D eigenvalue weighted by Gasteiger charge is 2.00. The van der Waals surface area contributed by atoms with Crippen LogP contribution in [0.5, 0.6) is 0 Å². The Kier molecular flexibility index (Phi) is 3.71. The molecule has 0 spiro atoms. The summed E-state index contributed by atoms with van der Waals surface area (Å²) < 4.78 is 1.01. The molecule has 1 N–H and O–H groups in total. The van der Waals surface area contributed by atoms with Crippen molar-refractivity contribution in [1.82, 2.24) is 0 Å².